The quantitative estimate of drug-likeness (QED) is 0.809. The summed E-state index contributed by atoms with van der Waals surface area (Å²) in [4.78, 5) is 24.7. The lowest BCUT2D eigenvalue weighted by Crippen LogP contribution is -2.47. The van der Waals surface area contributed by atoms with Crippen LogP contribution in [-0.2, 0) is 9.53 Å². The highest BCUT2D eigenvalue weighted by Gasteiger charge is 2.29. The van der Waals surface area contributed by atoms with Crippen molar-refractivity contribution >= 4 is 12.0 Å². The lowest BCUT2D eigenvalue weighted by atomic mass is 9.95. The maximum absolute atomic E-state index is 12.2. The molecule has 0 radical (unpaired) electrons. The van der Waals surface area contributed by atoms with Gasteiger partial charge in [0.05, 0.1) is 6.10 Å². The molecule has 2 heterocycles. The van der Waals surface area contributed by atoms with Crippen molar-refractivity contribution in [1.29, 1.82) is 0 Å². The van der Waals surface area contributed by atoms with Crippen molar-refractivity contribution in [3.05, 3.63) is 0 Å². The molecule has 2 aliphatic heterocycles. The number of carboxylic acids is 1. The Balaban J connectivity index is 1.76. The van der Waals surface area contributed by atoms with E-state index in [0.29, 0.717) is 19.0 Å². The number of ether oxygens (including phenoxy) is 1. The number of amides is 2. The average Bonchev–Trinajstić information content (AvgIpc) is 2.91. The monoisotopic (exact) mass is 298 g/mol. The van der Waals surface area contributed by atoms with E-state index in [1.807, 2.05) is 0 Å². The molecule has 2 rings (SSSR count). The van der Waals surface area contributed by atoms with E-state index in [0.717, 1.165) is 38.8 Å². The summed E-state index contributed by atoms with van der Waals surface area (Å²) in [5, 5.41) is 11.9. The van der Waals surface area contributed by atoms with Gasteiger partial charge in [-0.15, -0.1) is 0 Å². The fourth-order valence-corrected chi connectivity index (χ4v) is 3.37. The number of urea groups is 1. The largest absolute Gasteiger partial charge is 0.481 e. The number of piperidine rings is 1. The lowest BCUT2D eigenvalue weighted by Gasteiger charge is -2.32. The van der Waals surface area contributed by atoms with E-state index in [1.54, 1.807) is 4.90 Å². The van der Waals surface area contributed by atoms with E-state index in [2.05, 4.69) is 12.2 Å². The zero-order chi connectivity index (χ0) is 15.2. The molecule has 2 saturated heterocycles. The Labute approximate surface area is 125 Å². The molecule has 3 unspecified atom stereocenters. The summed E-state index contributed by atoms with van der Waals surface area (Å²) in [6.45, 7) is 4.81. The van der Waals surface area contributed by atoms with Crippen molar-refractivity contribution in [3.63, 3.8) is 0 Å². The number of hydrogen-bond donors (Lipinski definition) is 2. The summed E-state index contributed by atoms with van der Waals surface area (Å²) in [7, 11) is 0. The van der Waals surface area contributed by atoms with Crippen LogP contribution in [0.4, 0.5) is 4.79 Å². The smallest absolute Gasteiger partial charge is 0.317 e. The molecule has 0 aromatic rings. The van der Waals surface area contributed by atoms with Crippen LogP contribution in [0.15, 0.2) is 0 Å². The number of nitrogens with one attached hydrogen (secondary N) is 1. The Kier molecular flexibility index (Phi) is 5.85. The van der Waals surface area contributed by atoms with E-state index in [4.69, 9.17) is 9.84 Å². The van der Waals surface area contributed by atoms with Gasteiger partial charge in [0.1, 0.15) is 0 Å². The van der Waals surface area contributed by atoms with Crippen LogP contribution >= 0.6 is 0 Å². The minimum atomic E-state index is -0.781. The van der Waals surface area contributed by atoms with E-state index in [-0.39, 0.29) is 24.5 Å². The summed E-state index contributed by atoms with van der Waals surface area (Å²) in [5.41, 5.74) is 0. The van der Waals surface area contributed by atoms with Crippen LogP contribution in [0.1, 0.15) is 39.0 Å². The van der Waals surface area contributed by atoms with Crippen LogP contribution in [0, 0.1) is 11.8 Å². The van der Waals surface area contributed by atoms with Gasteiger partial charge in [-0.1, -0.05) is 6.92 Å². The topological polar surface area (TPSA) is 78.9 Å². The van der Waals surface area contributed by atoms with Gasteiger partial charge < -0.3 is 20.1 Å². The Morgan fingerprint density at radius 3 is 2.90 bits per heavy atom. The predicted octanol–water partition coefficient (Wildman–Crippen LogP) is 1.70. The second-order valence-electron chi connectivity index (χ2n) is 6.10. The third kappa shape index (κ3) is 4.59. The molecule has 6 heteroatoms. The van der Waals surface area contributed by atoms with Crippen molar-refractivity contribution in [2.24, 2.45) is 11.8 Å². The van der Waals surface area contributed by atoms with Gasteiger partial charge in [0.25, 0.3) is 0 Å². The van der Waals surface area contributed by atoms with Gasteiger partial charge in [-0.05, 0) is 31.6 Å². The Bertz CT molecular complexity index is 375. The lowest BCUT2D eigenvalue weighted by molar-refractivity contribution is -0.138. The maximum Gasteiger partial charge on any atom is 0.317 e. The third-order valence-electron chi connectivity index (χ3n) is 4.53. The van der Waals surface area contributed by atoms with Gasteiger partial charge in [-0.25, -0.2) is 4.79 Å². The fraction of sp³-hybridized carbons (Fsp3) is 0.867. The van der Waals surface area contributed by atoms with E-state index in [1.165, 1.54) is 0 Å². The molecule has 2 aliphatic rings. The van der Waals surface area contributed by atoms with Crippen molar-refractivity contribution in [1.82, 2.24) is 10.2 Å². The first-order chi connectivity index (χ1) is 10.1. The van der Waals surface area contributed by atoms with Crippen LogP contribution in [0.5, 0.6) is 0 Å². The van der Waals surface area contributed by atoms with E-state index < -0.39 is 5.97 Å². The van der Waals surface area contributed by atoms with Gasteiger partial charge >= 0.3 is 12.0 Å². The second kappa shape index (κ2) is 7.64. The molecule has 2 amide bonds. The third-order valence-corrected chi connectivity index (χ3v) is 4.53. The first-order valence-corrected chi connectivity index (χ1v) is 7.96. The summed E-state index contributed by atoms with van der Waals surface area (Å²) < 4.78 is 5.62. The van der Waals surface area contributed by atoms with Gasteiger partial charge in [0.15, 0.2) is 0 Å². The summed E-state index contributed by atoms with van der Waals surface area (Å²) in [5.74, 6) is -0.296. The van der Waals surface area contributed by atoms with Crippen LogP contribution in [0.2, 0.25) is 0 Å². The molecular formula is C15H26N2O4. The van der Waals surface area contributed by atoms with Gasteiger partial charge in [-0.2, -0.15) is 0 Å². The number of carbonyl (C=O) groups is 2. The Morgan fingerprint density at radius 2 is 2.19 bits per heavy atom. The van der Waals surface area contributed by atoms with Gasteiger partial charge in [0, 0.05) is 38.6 Å². The molecule has 21 heavy (non-hydrogen) atoms. The van der Waals surface area contributed by atoms with Crippen molar-refractivity contribution in [2.45, 2.75) is 45.1 Å². The molecule has 3 atom stereocenters. The summed E-state index contributed by atoms with van der Waals surface area (Å²) in [6, 6.07) is -0.0631. The highest BCUT2D eigenvalue weighted by Crippen LogP contribution is 2.23. The van der Waals surface area contributed by atoms with Crippen molar-refractivity contribution < 1.29 is 19.4 Å². The molecule has 120 valence electrons. The van der Waals surface area contributed by atoms with Gasteiger partial charge in [-0.3, -0.25) is 4.79 Å². The molecule has 2 fully saturated rings. The van der Waals surface area contributed by atoms with Crippen molar-refractivity contribution in [3.8, 4) is 0 Å². The summed E-state index contributed by atoms with van der Waals surface area (Å²) >= 11 is 0. The molecule has 0 saturated carbocycles. The first kappa shape index (κ1) is 16.1. The molecule has 6 nitrogen and oxygen atoms in total. The van der Waals surface area contributed by atoms with Crippen LogP contribution in [0.25, 0.3) is 0 Å². The Morgan fingerprint density at radius 1 is 1.38 bits per heavy atom. The SMILES string of the molecule is CCC1OCCC1CNC(=O)N1CCCC(CC(=O)O)C1. The van der Waals surface area contributed by atoms with Crippen molar-refractivity contribution in [2.75, 3.05) is 26.2 Å². The molecule has 0 bridgehead atoms. The number of carbonyl (C=O) groups excluding carboxylic acids is 1. The first-order valence-electron chi connectivity index (χ1n) is 7.96. The average molecular weight is 298 g/mol. The zero-order valence-corrected chi connectivity index (χ0v) is 12.7. The highest BCUT2D eigenvalue weighted by molar-refractivity contribution is 5.74. The Hall–Kier alpha value is -1.30. The minimum absolute atomic E-state index is 0.0631. The van der Waals surface area contributed by atoms with E-state index >= 15 is 0 Å². The number of nitrogens with zero attached hydrogens (tertiary/aromatic N) is 1. The normalized spacial score (nSPS) is 29.4. The van der Waals surface area contributed by atoms with E-state index in [9.17, 15) is 9.59 Å². The minimum Gasteiger partial charge on any atom is -0.481 e. The van der Waals surface area contributed by atoms with Gasteiger partial charge in [0.2, 0.25) is 0 Å². The number of rotatable bonds is 5. The van der Waals surface area contributed by atoms with Crippen LogP contribution in [-0.4, -0.2) is 54.4 Å². The predicted molar refractivity (Wildman–Crippen MR) is 78.1 cm³/mol. The zero-order valence-electron chi connectivity index (χ0n) is 12.7. The number of carboxylic acid groups (broad SMARTS) is 1. The number of likely N-dealkylation sites (tertiary alicyclic amines) is 1. The van der Waals surface area contributed by atoms with Crippen LogP contribution < -0.4 is 5.32 Å². The maximum atomic E-state index is 12.2. The number of aliphatic carboxylic acids is 1. The molecule has 0 aromatic carbocycles. The second-order valence-corrected chi connectivity index (χ2v) is 6.10. The standard InChI is InChI=1S/C15H26N2O4/c1-2-13-12(5-7-21-13)9-16-15(20)17-6-3-4-11(10-17)8-14(18)19/h11-13H,2-10H2,1H3,(H,16,20)(H,18,19). The highest BCUT2D eigenvalue weighted by atomic mass is 16.5. The molecule has 0 aromatic heterocycles. The molecule has 2 N–H and O–H groups in total. The molecular weight excluding hydrogens is 272 g/mol. The number of hydrogen-bond acceptors (Lipinski definition) is 3. The molecule has 0 aliphatic carbocycles. The molecule has 0 spiro atoms. The van der Waals surface area contributed by atoms with Crippen LogP contribution in [0.3, 0.4) is 0 Å². The fourth-order valence-electron chi connectivity index (χ4n) is 3.37. The summed E-state index contributed by atoms with van der Waals surface area (Å²) in [6.07, 6.45) is 4.16.